The average molecular weight is 290 g/mol. The molecule has 1 aromatic carbocycles. The molecule has 5 nitrogen and oxygen atoms in total. The van der Waals surface area contributed by atoms with Gasteiger partial charge in [-0.3, -0.25) is 19.8 Å². The van der Waals surface area contributed by atoms with Crippen LogP contribution in [-0.4, -0.2) is 30.2 Å². The van der Waals surface area contributed by atoms with Crippen molar-refractivity contribution in [1.29, 1.82) is 0 Å². The lowest BCUT2D eigenvalue weighted by Crippen LogP contribution is -2.55. The number of aliphatic imine (C=N–C) groups is 1. The minimum atomic E-state index is -0.267. The number of hydrogen-bond donors (Lipinski definition) is 1. The molecule has 0 saturated carbocycles. The molecule has 1 fully saturated rings. The summed E-state index contributed by atoms with van der Waals surface area (Å²) in [7, 11) is 0. The predicted octanol–water partition coefficient (Wildman–Crippen LogP) is 1.61. The van der Waals surface area contributed by atoms with Gasteiger partial charge in [0.05, 0.1) is 17.2 Å². The molecule has 3 heterocycles. The summed E-state index contributed by atoms with van der Waals surface area (Å²) in [5, 5.41) is 3.72. The molecule has 1 aromatic rings. The van der Waals surface area contributed by atoms with Crippen molar-refractivity contribution < 1.29 is 9.59 Å². The smallest absolute Gasteiger partial charge is 0.239 e. The second-order valence-electron chi connectivity index (χ2n) is 5.26. The van der Waals surface area contributed by atoms with Gasteiger partial charge in [-0.15, -0.1) is 0 Å². The van der Waals surface area contributed by atoms with E-state index in [4.69, 9.17) is 11.6 Å². The van der Waals surface area contributed by atoms with E-state index in [2.05, 4.69) is 10.3 Å². The number of piperidine rings is 1. The number of halogens is 1. The Kier molecular flexibility index (Phi) is 2.49. The van der Waals surface area contributed by atoms with Crippen LogP contribution in [0.25, 0.3) is 0 Å². The molecule has 3 aliphatic heterocycles. The lowest BCUT2D eigenvalue weighted by molar-refractivity contribution is -0.123. The SMILES string of the molecule is O=C1C2=NC3NCCCC3C(=O)N2c2cc(Cl)ccc21. The second-order valence-corrected chi connectivity index (χ2v) is 5.70. The van der Waals surface area contributed by atoms with Crippen molar-refractivity contribution in [2.45, 2.75) is 19.0 Å². The maximum atomic E-state index is 12.7. The Morgan fingerprint density at radius 2 is 2.20 bits per heavy atom. The van der Waals surface area contributed by atoms with Gasteiger partial charge in [-0.25, -0.2) is 4.99 Å². The van der Waals surface area contributed by atoms with Gasteiger partial charge >= 0.3 is 0 Å². The number of rotatable bonds is 0. The van der Waals surface area contributed by atoms with E-state index < -0.39 is 0 Å². The average Bonchev–Trinajstić information content (AvgIpc) is 2.72. The van der Waals surface area contributed by atoms with Crippen LogP contribution in [0.15, 0.2) is 23.2 Å². The van der Waals surface area contributed by atoms with Gasteiger partial charge in [-0.1, -0.05) is 11.6 Å². The third-order valence-electron chi connectivity index (χ3n) is 4.09. The zero-order valence-electron chi connectivity index (χ0n) is 10.6. The number of fused-ring (bicyclic) bond motifs is 4. The molecule has 0 radical (unpaired) electrons. The maximum Gasteiger partial charge on any atom is 0.239 e. The largest absolute Gasteiger partial charge is 0.295 e. The van der Waals surface area contributed by atoms with Crippen molar-refractivity contribution in [3.05, 3.63) is 28.8 Å². The van der Waals surface area contributed by atoms with Crippen LogP contribution in [0.5, 0.6) is 0 Å². The van der Waals surface area contributed by atoms with Crippen LogP contribution in [0.1, 0.15) is 23.2 Å². The first kappa shape index (κ1) is 12.1. The standard InChI is InChI=1S/C14H12ClN3O2/c15-7-3-4-8-10(6-7)18-13(11(8)19)17-12-9(14(18)20)2-1-5-16-12/h3-4,6,9,12,16H,1-2,5H2. The third-order valence-corrected chi connectivity index (χ3v) is 4.32. The van der Waals surface area contributed by atoms with E-state index in [1.54, 1.807) is 18.2 Å². The molecule has 102 valence electrons. The summed E-state index contributed by atoms with van der Waals surface area (Å²) in [6, 6.07) is 4.98. The molecule has 0 bridgehead atoms. The number of hydrogen-bond acceptors (Lipinski definition) is 4. The molecular weight excluding hydrogens is 278 g/mol. The number of ketones is 1. The summed E-state index contributed by atoms with van der Waals surface area (Å²) in [6.45, 7) is 0.832. The Labute approximate surface area is 120 Å². The number of nitrogens with one attached hydrogen (secondary N) is 1. The van der Waals surface area contributed by atoms with Crippen LogP contribution in [0.4, 0.5) is 5.69 Å². The molecule has 0 aromatic heterocycles. The Hall–Kier alpha value is -1.72. The fourth-order valence-electron chi connectivity index (χ4n) is 3.12. The van der Waals surface area contributed by atoms with Crippen molar-refractivity contribution in [2.75, 3.05) is 11.4 Å². The van der Waals surface area contributed by atoms with Crippen molar-refractivity contribution in [3.8, 4) is 0 Å². The molecule has 6 heteroatoms. The van der Waals surface area contributed by atoms with E-state index in [1.807, 2.05) is 0 Å². The zero-order chi connectivity index (χ0) is 13.9. The Morgan fingerprint density at radius 1 is 1.35 bits per heavy atom. The highest BCUT2D eigenvalue weighted by Gasteiger charge is 2.47. The summed E-state index contributed by atoms with van der Waals surface area (Å²) in [5.41, 5.74) is 1.07. The van der Waals surface area contributed by atoms with E-state index in [0.29, 0.717) is 16.3 Å². The second kappa shape index (κ2) is 4.14. The van der Waals surface area contributed by atoms with Gasteiger partial charge in [-0.2, -0.15) is 0 Å². The lowest BCUT2D eigenvalue weighted by atomic mass is 9.93. The first-order chi connectivity index (χ1) is 9.66. The summed E-state index contributed by atoms with van der Waals surface area (Å²) in [5.74, 6) is -0.217. The summed E-state index contributed by atoms with van der Waals surface area (Å²) >= 11 is 5.99. The van der Waals surface area contributed by atoms with Crippen LogP contribution >= 0.6 is 11.6 Å². The Balaban J connectivity index is 1.88. The molecule has 1 amide bonds. The van der Waals surface area contributed by atoms with Gasteiger partial charge in [-0.05, 0) is 37.6 Å². The number of carbonyl (C=O) groups is 2. The van der Waals surface area contributed by atoms with E-state index in [-0.39, 0.29) is 29.6 Å². The van der Waals surface area contributed by atoms with Crippen LogP contribution in [0.2, 0.25) is 5.02 Å². The van der Waals surface area contributed by atoms with E-state index in [0.717, 1.165) is 19.4 Å². The summed E-state index contributed by atoms with van der Waals surface area (Å²) in [6.07, 6.45) is 1.48. The number of benzene rings is 1. The van der Waals surface area contributed by atoms with E-state index in [9.17, 15) is 9.59 Å². The van der Waals surface area contributed by atoms with Gasteiger partial charge in [0, 0.05) is 5.02 Å². The van der Waals surface area contributed by atoms with Gasteiger partial charge in [0.2, 0.25) is 11.7 Å². The minimum absolute atomic E-state index is 0.0541. The highest BCUT2D eigenvalue weighted by Crippen LogP contribution is 2.37. The fourth-order valence-corrected chi connectivity index (χ4v) is 3.29. The molecule has 0 spiro atoms. The van der Waals surface area contributed by atoms with Gasteiger partial charge in [0.1, 0.15) is 6.17 Å². The summed E-state index contributed by atoms with van der Waals surface area (Å²) < 4.78 is 0. The molecule has 2 unspecified atom stereocenters. The highest BCUT2D eigenvalue weighted by atomic mass is 35.5. The quantitative estimate of drug-likeness (QED) is 0.789. The molecule has 2 atom stereocenters. The number of Topliss-reactive ketones (excluding diaryl/α,β-unsaturated/α-hetero) is 1. The predicted molar refractivity (Wildman–Crippen MR) is 75.2 cm³/mol. The number of amidine groups is 1. The number of carbonyl (C=O) groups excluding carboxylic acids is 2. The first-order valence-corrected chi connectivity index (χ1v) is 7.04. The van der Waals surface area contributed by atoms with Crippen LogP contribution in [0, 0.1) is 5.92 Å². The fraction of sp³-hybridized carbons (Fsp3) is 0.357. The van der Waals surface area contributed by atoms with Gasteiger partial charge < -0.3 is 0 Å². The highest BCUT2D eigenvalue weighted by molar-refractivity contribution is 6.59. The van der Waals surface area contributed by atoms with E-state index >= 15 is 0 Å². The molecular formula is C14H12ClN3O2. The topological polar surface area (TPSA) is 61.8 Å². The number of nitrogens with zero attached hydrogens (tertiary/aromatic N) is 2. The monoisotopic (exact) mass is 289 g/mol. The Bertz CT molecular complexity index is 670. The molecule has 4 rings (SSSR count). The first-order valence-electron chi connectivity index (χ1n) is 6.66. The maximum absolute atomic E-state index is 12.7. The number of amides is 1. The minimum Gasteiger partial charge on any atom is -0.295 e. The third kappa shape index (κ3) is 1.50. The van der Waals surface area contributed by atoms with Crippen molar-refractivity contribution >= 4 is 34.8 Å². The van der Waals surface area contributed by atoms with Crippen LogP contribution in [-0.2, 0) is 4.79 Å². The van der Waals surface area contributed by atoms with Crippen molar-refractivity contribution in [1.82, 2.24) is 5.32 Å². The molecule has 3 aliphatic rings. The molecule has 1 saturated heterocycles. The van der Waals surface area contributed by atoms with Crippen LogP contribution < -0.4 is 10.2 Å². The summed E-state index contributed by atoms with van der Waals surface area (Å²) in [4.78, 5) is 30.9. The van der Waals surface area contributed by atoms with Gasteiger partial charge in [0.25, 0.3) is 0 Å². The van der Waals surface area contributed by atoms with Crippen molar-refractivity contribution in [3.63, 3.8) is 0 Å². The normalized spacial score (nSPS) is 27.9. The van der Waals surface area contributed by atoms with Crippen LogP contribution in [0.3, 0.4) is 0 Å². The van der Waals surface area contributed by atoms with E-state index in [1.165, 1.54) is 4.90 Å². The Morgan fingerprint density at radius 3 is 3.05 bits per heavy atom. The molecule has 1 N–H and O–H groups in total. The lowest BCUT2D eigenvalue weighted by Gasteiger charge is -2.36. The number of anilines is 1. The van der Waals surface area contributed by atoms with Gasteiger partial charge in [0.15, 0.2) is 5.84 Å². The molecule has 20 heavy (non-hydrogen) atoms. The zero-order valence-corrected chi connectivity index (χ0v) is 11.4. The van der Waals surface area contributed by atoms with Crippen molar-refractivity contribution in [2.24, 2.45) is 10.9 Å². The molecule has 0 aliphatic carbocycles.